The molecule has 1 aromatic heterocycles. The van der Waals surface area contributed by atoms with Crippen LogP contribution in [0.3, 0.4) is 0 Å². The quantitative estimate of drug-likeness (QED) is 0.760. The Morgan fingerprint density at radius 2 is 2.27 bits per heavy atom. The van der Waals surface area contributed by atoms with Gasteiger partial charge in [0.2, 0.25) is 5.95 Å². The maximum atomic E-state index is 5.63. The van der Waals surface area contributed by atoms with Gasteiger partial charge >= 0.3 is 0 Å². The molecule has 0 aromatic carbocycles. The number of rotatable bonds is 2. The van der Waals surface area contributed by atoms with Crippen LogP contribution in [0.15, 0.2) is 5.16 Å². The van der Waals surface area contributed by atoms with Crippen molar-refractivity contribution in [1.29, 1.82) is 0 Å². The number of nitrogens with two attached hydrogens (primary N) is 1. The maximum Gasteiger partial charge on any atom is 0.224 e. The number of anilines is 1. The smallest absolute Gasteiger partial charge is 0.224 e. The molecule has 6 heteroatoms. The first kappa shape index (κ1) is 10.6. The van der Waals surface area contributed by atoms with Gasteiger partial charge in [-0.2, -0.15) is 9.97 Å². The second-order valence-electron chi connectivity index (χ2n) is 3.45. The number of nitrogen functional groups attached to an aromatic ring is 1. The molecule has 0 bridgehead atoms. The lowest BCUT2D eigenvalue weighted by Gasteiger charge is -2.20. The zero-order valence-corrected chi connectivity index (χ0v) is 9.46. The fourth-order valence-corrected chi connectivity index (χ4v) is 1.98. The van der Waals surface area contributed by atoms with Crippen molar-refractivity contribution in [3.05, 3.63) is 5.82 Å². The van der Waals surface area contributed by atoms with Gasteiger partial charge in [-0.25, -0.2) is 4.98 Å². The monoisotopic (exact) mass is 226 g/mol. The minimum atomic E-state index is 0.273. The summed E-state index contributed by atoms with van der Waals surface area (Å²) in [5.74, 6) is 1.34. The van der Waals surface area contributed by atoms with Gasteiger partial charge in [0.15, 0.2) is 5.16 Å². The summed E-state index contributed by atoms with van der Waals surface area (Å²) in [7, 11) is 0. The van der Waals surface area contributed by atoms with Gasteiger partial charge in [0.25, 0.3) is 0 Å². The number of hydrogen-bond donors (Lipinski definition) is 1. The van der Waals surface area contributed by atoms with E-state index in [1.165, 1.54) is 11.8 Å². The Morgan fingerprint density at radius 3 is 2.93 bits per heavy atom. The molecule has 1 atom stereocenters. The molecule has 0 amide bonds. The Labute approximate surface area is 92.9 Å². The van der Waals surface area contributed by atoms with Gasteiger partial charge in [0.05, 0.1) is 6.61 Å². The maximum absolute atomic E-state index is 5.63. The van der Waals surface area contributed by atoms with Crippen molar-refractivity contribution in [2.75, 3.05) is 25.2 Å². The molecule has 2 rings (SSSR count). The number of aromatic nitrogens is 3. The van der Waals surface area contributed by atoms with Crippen molar-refractivity contribution in [3.8, 4) is 0 Å². The van der Waals surface area contributed by atoms with Gasteiger partial charge in [-0.05, 0) is 19.1 Å². The summed E-state index contributed by atoms with van der Waals surface area (Å²) in [6.07, 6.45) is 4.05. The molecule has 5 nitrogen and oxygen atoms in total. The van der Waals surface area contributed by atoms with Crippen LogP contribution in [0.25, 0.3) is 0 Å². The van der Waals surface area contributed by atoms with Crippen molar-refractivity contribution in [3.63, 3.8) is 0 Å². The molecular formula is C9H14N4OS. The SMILES string of the molecule is CSc1nc(N)nc(C2CCCOC2)n1. The first-order chi connectivity index (χ1) is 7.29. The summed E-state index contributed by atoms with van der Waals surface area (Å²) < 4.78 is 5.40. The van der Waals surface area contributed by atoms with Crippen molar-refractivity contribution in [1.82, 2.24) is 15.0 Å². The Bertz CT molecular complexity index is 341. The lowest BCUT2D eigenvalue weighted by Crippen LogP contribution is -2.19. The second kappa shape index (κ2) is 4.76. The van der Waals surface area contributed by atoms with Crippen molar-refractivity contribution in [2.45, 2.75) is 23.9 Å². The summed E-state index contributed by atoms with van der Waals surface area (Å²) in [6.45, 7) is 1.53. The molecule has 82 valence electrons. The molecule has 1 saturated heterocycles. The van der Waals surface area contributed by atoms with E-state index < -0.39 is 0 Å². The Balaban J connectivity index is 2.22. The highest BCUT2D eigenvalue weighted by atomic mass is 32.2. The highest BCUT2D eigenvalue weighted by Crippen LogP contribution is 2.23. The van der Waals surface area contributed by atoms with Crippen LogP contribution in [0.2, 0.25) is 0 Å². The van der Waals surface area contributed by atoms with E-state index in [4.69, 9.17) is 10.5 Å². The van der Waals surface area contributed by atoms with Crippen molar-refractivity contribution in [2.24, 2.45) is 0 Å². The lowest BCUT2D eigenvalue weighted by molar-refractivity contribution is 0.0778. The van der Waals surface area contributed by atoms with Crippen LogP contribution in [-0.4, -0.2) is 34.4 Å². The fourth-order valence-electron chi connectivity index (χ4n) is 1.61. The minimum absolute atomic E-state index is 0.273. The van der Waals surface area contributed by atoms with E-state index in [9.17, 15) is 0 Å². The first-order valence-electron chi connectivity index (χ1n) is 4.93. The summed E-state index contributed by atoms with van der Waals surface area (Å²) in [5.41, 5.74) is 5.63. The summed E-state index contributed by atoms with van der Waals surface area (Å²) in [6, 6.07) is 0. The Morgan fingerprint density at radius 1 is 1.40 bits per heavy atom. The number of nitrogens with zero attached hydrogens (tertiary/aromatic N) is 3. The minimum Gasteiger partial charge on any atom is -0.381 e. The molecule has 1 unspecified atom stereocenters. The molecule has 1 aliphatic rings. The molecule has 1 aromatic rings. The van der Waals surface area contributed by atoms with Crippen LogP contribution in [0.5, 0.6) is 0 Å². The fraction of sp³-hybridized carbons (Fsp3) is 0.667. The number of hydrogen-bond acceptors (Lipinski definition) is 6. The van der Waals surface area contributed by atoms with Crippen LogP contribution in [0.4, 0.5) is 5.95 Å². The van der Waals surface area contributed by atoms with Gasteiger partial charge in [0, 0.05) is 12.5 Å². The zero-order chi connectivity index (χ0) is 10.7. The van der Waals surface area contributed by atoms with Gasteiger partial charge < -0.3 is 10.5 Å². The highest BCUT2D eigenvalue weighted by Gasteiger charge is 2.19. The normalized spacial score (nSPS) is 21.5. The zero-order valence-electron chi connectivity index (χ0n) is 8.64. The average molecular weight is 226 g/mol. The van der Waals surface area contributed by atoms with Crippen LogP contribution in [0, 0.1) is 0 Å². The Hall–Kier alpha value is -0.880. The van der Waals surface area contributed by atoms with E-state index in [1.807, 2.05) is 6.26 Å². The number of thioether (sulfide) groups is 1. The summed E-state index contributed by atoms with van der Waals surface area (Å²) in [4.78, 5) is 12.5. The summed E-state index contributed by atoms with van der Waals surface area (Å²) >= 11 is 1.48. The molecule has 2 N–H and O–H groups in total. The third kappa shape index (κ3) is 2.57. The lowest BCUT2D eigenvalue weighted by atomic mass is 10.0. The molecule has 1 fully saturated rings. The van der Waals surface area contributed by atoms with Gasteiger partial charge in [-0.1, -0.05) is 11.8 Å². The van der Waals surface area contributed by atoms with E-state index in [0.717, 1.165) is 25.3 Å². The molecule has 1 aliphatic heterocycles. The van der Waals surface area contributed by atoms with E-state index in [0.29, 0.717) is 17.7 Å². The predicted molar refractivity (Wildman–Crippen MR) is 58.8 cm³/mol. The third-order valence-corrected chi connectivity index (χ3v) is 2.91. The van der Waals surface area contributed by atoms with Gasteiger partial charge in [0.1, 0.15) is 5.82 Å². The molecule has 0 aliphatic carbocycles. The van der Waals surface area contributed by atoms with E-state index in [-0.39, 0.29) is 5.92 Å². The van der Waals surface area contributed by atoms with E-state index >= 15 is 0 Å². The summed E-state index contributed by atoms with van der Waals surface area (Å²) in [5, 5.41) is 0.683. The largest absolute Gasteiger partial charge is 0.381 e. The molecule has 2 heterocycles. The highest BCUT2D eigenvalue weighted by molar-refractivity contribution is 7.98. The molecule has 0 saturated carbocycles. The first-order valence-corrected chi connectivity index (χ1v) is 6.15. The van der Waals surface area contributed by atoms with E-state index in [2.05, 4.69) is 15.0 Å². The predicted octanol–water partition coefficient (Wildman–Crippen LogP) is 1.07. The van der Waals surface area contributed by atoms with Crippen LogP contribution < -0.4 is 5.73 Å². The second-order valence-corrected chi connectivity index (χ2v) is 4.23. The van der Waals surface area contributed by atoms with Crippen molar-refractivity contribution >= 4 is 17.7 Å². The van der Waals surface area contributed by atoms with Crippen molar-refractivity contribution < 1.29 is 4.74 Å². The van der Waals surface area contributed by atoms with Gasteiger partial charge in [-0.15, -0.1) is 0 Å². The molecule has 0 radical (unpaired) electrons. The third-order valence-electron chi connectivity index (χ3n) is 2.36. The van der Waals surface area contributed by atoms with E-state index in [1.54, 1.807) is 0 Å². The topological polar surface area (TPSA) is 73.9 Å². The van der Waals surface area contributed by atoms with Crippen LogP contribution in [-0.2, 0) is 4.74 Å². The molecular weight excluding hydrogens is 212 g/mol. The number of ether oxygens (including phenoxy) is 1. The molecule has 15 heavy (non-hydrogen) atoms. The van der Waals surface area contributed by atoms with Gasteiger partial charge in [-0.3, -0.25) is 0 Å². The standard InChI is InChI=1S/C9H14N4OS/c1-15-9-12-7(11-8(10)13-9)6-3-2-4-14-5-6/h6H,2-5H2,1H3,(H2,10,11,12,13). The van der Waals surface area contributed by atoms with Crippen LogP contribution in [0.1, 0.15) is 24.6 Å². The average Bonchev–Trinajstić information content (AvgIpc) is 2.29. The molecule has 0 spiro atoms. The van der Waals surface area contributed by atoms with Crippen LogP contribution >= 0.6 is 11.8 Å². The Kier molecular flexibility index (Phi) is 3.37.